The normalized spacial score (nSPS) is 14.5. The fraction of sp³-hybridized carbons (Fsp3) is 0.830. The van der Waals surface area contributed by atoms with Crippen LogP contribution in [0.1, 0.15) is 232 Å². The second-order valence-corrected chi connectivity index (χ2v) is 20.3. The summed E-state index contributed by atoms with van der Waals surface area (Å²) in [6.07, 6.45) is 57.6. The Hall–Kier alpha value is -1.54. The summed E-state index contributed by atoms with van der Waals surface area (Å²) in [5.41, 5.74) is 0. The average Bonchev–Trinajstić information content (AvgIpc) is 3.23. The van der Waals surface area contributed by atoms with E-state index in [1.165, 1.54) is 161 Å². The number of rotatable bonds is 47. The number of likely N-dealkylation sites (N-methyl/N-ethyl adjacent to an activating group) is 1. The lowest BCUT2D eigenvalue weighted by atomic mass is 10.0. The highest BCUT2D eigenvalue weighted by Gasteiger charge is 2.23. The quantitative estimate of drug-likeness (QED) is 0.0273. The van der Waals surface area contributed by atoms with Crippen LogP contribution < -0.4 is 10.2 Å². The number of allylic oxidation sites excluding steroid dienone is 7. The molecule has 1 amide bonds. The van der Waals surface area contributed by atoms with Crippen molar-refractivity contribution in [3.05, 3.63) is 48.6 Å². The molecular weight excluding hydrogens is 792 g/mol. The van der Waals surface area contributed by atoms with E-state index >= 15 is 0 Å². The van der Waals surface area contributed by atoms with Gasteiger partial charge in [0.25, 0.3) is 7.82 Å². The summed E-state index contributed by atoms with van der Waals surface area (Å²) in [5, 5.41) is 13.8. The summed E-state index contributed by atoms with van der Waals surface area (Å²) < 4.78 is 23.2. The number of phosphoric ester groups is 1. The molecule has 62 heavy (non-hydrogen) atoms. The first-order valence-electron chi connectivity index (χ1n) is 26.0. The smallest absolute Gasteiger partial charge is 0.268 e. The highest BCUT2D eigenvalue weighted by Crippen LogP contribution is 2.38. The molecule has 0 aliphatic carbocycles. The van der Waals surface area contributed by atoms with Crippen molar-refractivity contribution >= 4 is 13.7 Å². The third kappa shape index (κ3) is 46.5. The molecule has 2 N–H and O–H groups in total. The molecule has 0 saturated carbocycles. The Kier molecular flexibility index (Phi) is 43.5. The first kappa shape index (κ1) is 60.5. The van der Waals surface area contributed by atoms with Gasteiger partial charge in [-0.1, -0.05) is 204 Å². The van der Waals surface area contributed by atoms with E-state index in [9.17, 15) is 19.4 Å². The molecule has 0 aromatic rings. The number of quaternary nitrogens is 1. The fourth-order valence-electron chi connectivity index (χ4n) is 7.36. The van der Waals surface area contributed by atoms with Crippen molar-refractivity contribution in [1.82, 2.24) is 5.32 Å². The van der Waals surface area contributed by atoms with Crippen LogP contribution in [-0.2, 0) is 18.4 Å². The second kappa shape index (κ2) is 44.7. The Morgan fingerprint density at radius 2 is 0.903 bits per heavy atom. The number of unbranched alkanes of at least 4 members (excludes halogenated alkanes) is 28. The number of aliphatic hydroxyl groups excluding tert-OH is 1. The molecule has 0 fully saturated rings. The molecule has 0 radical (unpaired) electrons. The van der Waals surface area contributed by atoms with Crippen LogP contribution in [0.4, 0.5) is 0 Å². The molecule has 0 rings (SSSR count). The zero-order valence-corrected chi connectivity index (χ0v) is 42.2. The van der Waals surface area contributed by atoms with Gasteiger partial charge in [-0.15, -0.1) is 0 Å². The number of amides is 1. The monoisotopic (exact) mass is 893 g/mol. The Balaban J connectivity index is 4.19. The molecule has 0 aliphatic rings. The molecule has 0 heterocycles. The van der Waals surface area contributed by atoms with Gasteiger partial charge in [0.05, 0.1) is 39.9 Å². The van der Waals surface area contributed by atoms with Crippen molar-refractivity contribution in [2.45, 2.75) is 244 Å². The second-order valence-electron chi connectivity index (χ2n) is 18.9. The van der Waals surface area contributed by atoms with E-state index in [4.69, 9.17) is 9.05 Å². The Labute approximate surface area is 384 Å². The van der Waals surface area contributed by atoms with Crippen molar-refractivity contribution < 1.29 is 32.9 Å². The zero-order chi connectivity index (χ0) is 45.7. The number of nitrogens with zero attached hydrogens (tertiary/aromatic N) is 1. The topological polar surface area (TPSA) is 108 Å². The molecule has 8 nitrogen and oxygen atoms in total. The molecule has 0 saturated heterocycles. The third-order valence-corrected chi connectivity index (χ3v) is 12.5. The molecule has 0 aromatic heterocycles. The van der Waals surface area contributed by atoms with E-state index in [1.807, 2.05) is 27.2 Å². The third-order valence-electron chi connectivity index (χ3n) is 11.5. The van der Waals surface area contributed by atoms with Crippen molar-refractivity contribution in [2.75, 3.05) is 40.9 Å². The number of carbonyl (C=O) groups is 1. The highest BCUT2D eigenvalue weighted by molar-refractivity contribution is 7.45. The number of nitrogens with one attached hydrogen (secondary N) is 1. The van der Waals surface area contributed by atoms with Crippen LogP contribution in [0.3, 0.4) is 0 Å². The Morgan fingerprint density at radius 1 is 0.548 bits per heavy atom. The van der Waals surface area contributed by atoms with Crippen LogP contribution >= 0.6 is 7.82 Å². The molecule has 9 heteroatoms. The molecule has 364 valence electrons. The van der Waals surface area contributed by atoms with Gasteiger partial charge in [0.15, 0.2) is 0 Å². The largest absolute Gasteiger partial charge is 0.756 e. The van der Waals surface area contributed by atoms with Crippen LogP contribution in [0.2, 0.25) is 0 Å². The van der Waals surface area contributed by atoms with Gasteiger partial charge in [0.1, 0.15) is 13.2 Å². The molecule has 3 atom stereocenters. The number of hydrogen-bond donors (Lipinski definition) is 2. The van der Waals surface area contributed by atoms with Crippen molar-refractivity contribution in [2.24, 2.45) is 0 Å². The number of phosphoric acid groups is 1. The summed E-state index contributed by atoms with van der Waals surface area (Å²) in [7, 11) is 1.23. The average molecular weight is 893 g/mol. The van der Waals surface area contributed by atoms with E-state index in [1.54, 1.807) is 6.08 Å². The number of hydrogen-bond acceptors (Lipinski definition) is 6. The van der Waals surface area contributed by atoms with E-state index in [-0.39, 0.29) is 12.5 Å². The predicted molar refractivity (Wildman–Crippen MR) is 265 cm³/mol. The van der Waals surface area contributed by atoms with Gasteiger partial charge < -0.3 is 28.8 Å². The molecule has 0 bridgehead atoms. The molecule has 3 unspecified atom stereocenters. The minimum absolute atomic E-state index is 0.00976. The molecule has 0 aliphatic heterocycles. The van der Waals surface area contributed by atoms with Crippen molar-refractivity contribution in [3.8, 4) is 0 Å². The molecular formula is C53H101N2O6P. The number of carbonyl (C=O) groups excluding carboxylic acids is 1. The van der Waals surface area contributed by atoms with Crippen molar-refractivity contribution in [3.63, 3.8) is 0 Å². The van der Waals surface area contributed by atoms with Crippen molar-refractivity contribution in [1.29, 1.82) is 0 Å². The van der Waals surface area contributed by atoms with E-state index < -0.39 is 26.6 Å². The first-order chi connectivity index (χ1) is 30.0. The summed E-state index contributed by atoms with van der Waals surface area (Å²) in [4.78, 5) is 25.4. The summed E-state index contributed by atoms with van der Waals surface area (Å²) >= 11 is 0. The molecule has 0 aromatic carbocycles. The van der Waals surface area contributed by atoms with E-state index in [0.29, 0.717) is 17.4 Å². The van der Waals surface area contributed by atoms with Gasteiger partial charge in [0.2, 0.25) is 5.91 Å². The van der Waals surface area contributed by atoms with E-state index in [2.05, 4.69) is 55.6 Å². The standard InChI is InChI=1S/C53H101N2O6P/c1-6-8-10-12-14-16-18-20-21-22-23-24-25-26-27-28-29-30-31-32-33-35-37-39-41-43-45-47-53(57)54-51(50-61-62(58,59)60-49-48-55(3,4)5)52(56)46-44-42-40-38-36-34-19-17-15-13-11-9-7-2/h15,17,26-27,36,38,44,46,51-52,56H,6-14,16,18-25,28-35,37,39-43,45,47-50H2,1-5H3,(H-,54,57,58,59)/b17-15+,27-26-,38-36+,46-44+. The van der Waals surface area contributed by atoms with Gasteiger partial charge in [-0.25, -0.2) is 0 Å². The van der Waals surface area contributed by atoms with Crippen LogP contribution in [0.25, 0.3) is 0 Å². The van der Waals surface area contributed by atoms with Gasteiger partial charge in [-0.05, 0) is 70.6 Å². The Bertz CT molecular complexity index is 1150. The maximum atomic E-state index is 12.9. The number of aliphatic hydroxyl groups is 1. The minimum Gasteiger partial charge on any atom is -0.756 e. The van der Waals surface area contributed by atoms with Gasteiger partial charge in [-0.3, -0.25) is 9.36 Å². The SMILES string of the molecule is CCCCC/C=C/CC/C=C/CC/C=C/C(O)C(COP(=O)([O-])OCC[N+](C)(C)C)NC(=O)CCCCCCCCCCCCC/C=C\CCCCCCCCCCCCCC. The maximum Gasteiger partial charge on any atom is 0.268 e. The summed E-state index contributed by atoms with van der Waals surface area (Å²) in [6, 6.07) is -0.909. The predicted octanol–water partition coefficient (Wildman–Crippen LogP) is 14.6. The lowest BCUT2D eigenvalue weighted by Crippen LogP contribution is -2.45. The summed E-state index contributed by atoms with van der Waals surface area (Å²) in [5.74, 6) is -0.213. The Morgan fingerprint density at radius 3 is 1.34 bits per heavy atom. The van der Waals surface area contributed by atoms with Gasteiger partial charge >= 0.3 is 0 Å². The maximum absolute atomic E-state index is 12.9. The zero-order valence-electron chi connectivity index (χ0n) is 41.3. The van der Waals surface area contributed by atoms with Crippen LogP contribution in [0.15, 0.2) is 48.6 Å². The minimum atomic E-state index is -4.60. The van der Waals surface area contributed by atoms with Crippen LogP contribution in [0.5, 0.6) is 0 Å². The summed E-state index contributed by atoms with van der Waals surface area (Å²) in [6.45, 7) is 4.59. The van der Waals surface area contributed by atoms with E-state index in [0.717, 1.165) is 51.4 Å². The highest BCUT2D eigenvalue weighted by atomic mass is 31.2. The van der Waals surface area contributed by atoms with Crippen LogP contribution in [-0.4, -0.2) is 68.5 Å². The molecule has 0 spiro atoms. The lowest BCUT2D eigenvalue weighted by Gasteiger charge is -2.29. The fourth-order valence-corrected chi connectivity index (χ4v) is 8.08. The first-order valence-corrected chi connectivity index (χ1v) is 27.5. The van der Waals surface area contributed by atoms with Gasteiger partial charge in [-0.2, -0.15) is 0 Å². The lowest BCUT2D eigenvalue weighted by molar-refractivity contribution is -0.870. The van der Waals surface area contributed by atoms with Gasteiger partial charge in [0, 0.05) is 6.42 Å². The van der Waals surface area contributed by atoms with Crippen LogP contribution in [0, 0.1) is 0 Å².